The fraction of sp³-hybridized carbons (Fsp3) is 0.130. The lowest BCUT2D eigenvalue weighted by atomic mass is 10.2. The number of carbonyl (C=O) groups is 1. The molecule has 7 nitrogen and oxygen atoms in total. The molecule has 0 radical (unpaired) electrons. The van der Waals surface area contributed by atoms with Crippen LogP contribution in [0.15, 0.2) is 66.7 Å². The third-order valence-corrected chi connectivity index (χ3v) is 4.63. The molecule has 1 aromatic heterocycles. The number of nitrogens with one attached hydrogen (secondary N) is 2. The van der Waals surface area contributed by atoms with Gasteiger partial charge in [0.25, 0.3) is 5.91 Å². The predicted octanol–water partition coefficient (Wildman–Crippen LogP) is 3.81. The second-order valence-electron chi connectivity index (χ2n) is 6.66. The van der Waals surface area contributed by atoms with E-state index in [4.69, 9.17) is 15.3 Å². The minimum atomic E-state index is -0.355. The molecule has 4 aromatic rings. The van der Waals surface area contributed by atoms with Crippen LogP contribution in [0.3, 0.4) is 0 Å². The Morgan fingerprint density at radius 3 is 2.63 bits per heavy atom. The van der Waals surface area contributed by atoms with Gasteiger partial charge in [0.15, 0.2) is 11.5 Å². The topological polar surface area (TPSA) is 102 Å². The van der Waals surface area contributed by atoms with Crippen LogP contribution < -0.4 is 20.7 Å². The summed E-state index contributed by atoms with van der Waals surface area (Å²) in [5, 5.41) is 0. The first kappa shape index (κ1) is 19.5. The molecule has 1 heterocycles. The number of hydrogen-bond donors (Lipinski definition) is 3. The van der Waals surface area contributed by atoms with Crippen molar-refractivity contribution in [2.75, 3.05) is 6.61 Å². The lowest BCUT2D eigenvalue weighted by molar-refractivity contribution is 0.0954. The van der Waals surface area contributed by atoms with Crippen LogP contribution in [-0.4, -0.2) is 22.5 Å². The number of H-pyrrole nitrogens is 1. The number of aromatic amines is 1. The van der Waals surface area contributed by atoms with Crippen molar-refractivity contribution < 1.29 is 14.3 Å². The van der Waals surface area contributed by atoms with E-state index in [1.807, 2.05) is 55.5 Å². The first-order chi connectivity index (χ1) is 14.7. The van der Waals surface area contributed by atoms with Crippen molar-refractivity contribution in [3.05, 3.63) is 77.9 Å². The summed E-state index contributed by atoms with van der Waals surface area (Å²) in [6.07, 6.45) is 0. The van der Waals surface area contributed by atoms with Crippen LogP contribution in [0.2, 0.25) is 0 Å². The Balaban J connectivity index is 1.62. The Morgan fingerprint density at radius 2 is 1.87 bits per heavy atom. The number of hydrazine groups is 1. The van der Waals surface area contributed by atoms with Gasteiger partial charge in [-0.2, -0.15) is 0 Å². The number of hydrogen-bond acceptors (Lipinski definition) is 5. The molecule has 152 valence electrons. The molecular weight excluding hydrogens is 380 g/mol. The van der Waals surface area contributed by atoms with Crippen molar-refractivity contribution in [3.8, 4) is 22.9 Å². The van der Waals surface area contributed by atoms with Crippen LogP contribution in [-0.2, 0) is 6.61 Å². The molecule has 0 fully saturated rings. The summed E-state index contributed by atoms with van der Waals surface area (Å²) < 4.78 is 11.8. The predicted molar refractivity (Wildman–Crippen MR) is 115 cm³/mol. The van der Waals surface area contributed by atoms with Crippen LogP contribution >= 0.6 is 0 Å². The number of carbonyl (C=O) groups excluding carboxylic acids is 1. The zero-order valence-corrected chi connectivity index (χ0v) is 16.5. The number of ether oxygens (including phenoxy) is 2. The van der Waals surface area contributed by atoms with Crippen molar-refractivity contribution in [2.24, 2.45) is 5.84 Å². The molecule has 0 aliphatic heterocycles. The Hall–Kier alpha value is -3.84. The van der Waals surface area contributed by atoms with Gasteiger partial charge in [-0.3, -0.25) is 10.2 Å². The van der Waals surface area contributed by atoms with Crippen molar-refractivity contribution in [1.29, 1.82) is 0 Å². The molecule has 0 aliphatic rings. The number of rotatable bonds is 7. The summed E-state index contributed by atoms with van der Waals surface area (Å²) in [4.78, 5) is 19.6. The van der Waals surface area contributed by atoms with Crippen molar-refractivity contribution in [3.63, 3.8) is 0 Å². The average Bonchev–Trinajstić information content (AvgIpc) is 3.22. The van der Waals surface area contributed by atoms with Gasteiger partial charge in [0.1, 0.15) is 12.4 Å². The number of nitrogens with zero attached hydrogens (tertiary/aromatic N) is 1. The molecule has 4 N–H and O–H groups in total. The van der Waals surface area contributed by atoms with Gasteiger partial charge in [0.2, 0.25) is 0 Å². The molecule has 0 bridgehead atoms. The van der Waals surface area contributed by atoms with E-state index in [2.05, 4.69) is 15.4 Å². The van der Waals surface area contributed by atoms with Crippen LogP contribution in [0.5, 0.6) is 11.5 Å². The Kier molecular flexibility index (Phi) is 5.63. The minimum absolute atomic E-state index is 0.355. The number of nitrogens with two attached hydrogens (primary N) is 1. The van der Waals surface area contributed by atoms with Gasteiger partial charge in [0, 0.05) is 11.1 Å². The number of fused-ring (bicyclic) bond motifs is 1. The summed E-state index contributed by atoms with van der Waals surface area (Å²) in [6, 6.07) is 20.8. The molecule has 4 rings (SSSR count). The zero-order valence-electron chi connectivity index (χ0n) is 16.5. The summed E-state index contributed by atoms with van der Waals surface area (Å²) >= 11 is 0. The highest BCUT2D eigenvalue weighted by molar-refractivity contribution is 5.97. The third-order valence-electron chi connectivity index (χ3n) is 4.63. The second-order valence-corrected chi connectivity index (χ2v) is 6.66. The monoisotopic (exact) mass is 402 g/mol. The van der Waals surface area contributed by atoms with Crippen molar-refractivity contribution >= 4 is 16.9 Å². The fourth-order valence-corrected chi connectivity index (χ4v) is 3.15. The average molecular weight is 402 g/mol. The van der Waals surface area contributed by atoms with E-state index in [0.29, 0.717) is 36.1 Å². The summed E-state index contributed by atoms with van der Waals surface area (Å²) in [7, 11) is 0. The summed E-state index contributed by atoms with van der Waals surface area (Å²) in [6.45, 7) is 2.90. The standard InChI is InChI=1S/C23H22N4O3/c1-2-29-21-13-16(9-11-20(21)30-14-15-6-4-3-5-7-15)22-25-18-10-8-17(23(28)27-24)12-19(18)26-22/h3-13H,2,14,24H2,1H3,(H,25,26)(H,27,28). The first-order valence-electron chi connectivity index (χ1n) is 9.62. The van der Waals surface area contributed by atoms with Gasteiger partial charge in [-0.1, -0.05) is 30.3 Å². The maximum Gasteiger partial charge on any atom is 0.265 e. The quantitative estimate of drug-likeness (QED) is 0.248. The SMILES string of the molecule is CCOc1cc(-c2nc3ccc(C(=O)NN)cc3[nH]2)ccc1OCc1ccccc1. The van der Waals surface area contributed by atoms with Crippen LogP contribution in [0.4, 0.5) is 0 Å². The second kappa shape index (κ2) is 8.67. The number of nitrogen functional groups attached to an aromatic ring is 1. The Morgan fingerprint density at radius 1 is 1.03 bits per heavy atom. The van der Waals surface area contributed by atoms with Gasteiger partial charge in [-0.05, 0) is 48.9 Å². The third kappa shape index (κ3) is 4.11. The highest BCUT2D eigenvalue weighted by Gasteiger charge is 2.13. The van der Waals surface area contributed by atoms with Crippen LogP contribution in [0.1, 0.15) is 22.8 Å². The van der Waals surface area contributed by atoms with Gasteiger partial charge in [-0.15, -0.1) is 0 Å². The lowest BCUT2D eigenvalue weighted by Crippen LogP contribution is -2.29. The number of amides is 1. The van der Waals surface area contributed by atoms with E-state index in [1.165, 1.54) is 0 Å². The van der Waals surface area contributed by atoms with Crippen LogP contribution in [0, 0.1) is 0 Å². The molecule has 30 heavy (non-hydrogen) atoms. The molecule has 0 spiro atoms. The minimum Gasteiger partial charge on any atom is -0.490 e. The molecule has 1 amide bonds. The largest absolute Gasteiger partial charge is 0.490 e. The highest BCUT2D eigenvalue weighted by Crippen LogP contribution is 2.33. The van der Waals surface area contributed by atoms with E-state index in [-0.39, 0.29) is 5.91 Å². The van der Waals surface area contributed by atoms with E-state index < -0.39 is 0 Å². The molecule has 0 aliphatic carbocycles. The maximum absolute atomic E-state index is 11.8. The van der Waals surface area contributed by atoms with E-state index in [9.17, 15) is 4.79 Å². The normalized spacial score (nSPS) is 10.7. The molecule has 7 heteroatoms. The van der Waals surface area contributed by atoms with Gasteiger partial charge < -0.3 is 14.5 Å². The summed E-state index contributed by atoms with van der Waals surface area (Å²) in [5.74, 6) is 6.85. The molecular formula is C23H22N4O3. The maximum atomic E-state index is 11.8. The highest BCUT2D eigenvalue weighted by atomic mass is 16.5. The lowest BCUT2D eigenvalue weighted by Gasteiger charge is -2.13. The summed E-state index contributed by atoms with van der Waals surface area (Å²) in [5.41, 5.74) is 6.02. The molecule has 0 unspecified atom stereocenters. The molecule has 3 aromatic carbocycles. The van der Waals surface area contributed by atoms with Gasteiger partial charge in [-0.25, -0.2) is 10.8 Å². The first-order valence-corrected chi connectivity index (χ1v) is 9.62. The number of benzene rings is 3. The zero-order chi connectivity index (χ0) is 20.9. The smallest absolute Gasteiger partial charge is 0.265 e. The number of imidazole rings is 1. The number of aromatic nitrogens is 2. The Bertz CT molecular complexity index is 1170. The van der Waals surface area contributed by atoms with E-state index in [1.54, 1.807) is 18.2 Å². The van der Waals surface area contributed by atoms with E-state index >= 15 is 0 Å². The van der Waals surface area contributed by atoms with E-state index in [0.717, 1.165) is 22.2 Å². The fourth-order valence-electron chi connectivity index (χ4n) is 3.15. The van der Waals surface area contributed by atoms with Gasteiger partial charge in [0.05, 0.1) is 17.6 Å². The molecule has 0 saturated heterocycles. The van der Waals surface area contributed by atoms with Gasteiger partial charge >= 0.3 is 0 Å². The van der Waals surface area contributed by atoms with Crippen molar-refractivity contribution in [2.45, 2.75) is 13.5 Å². The molecule has 0 saturated carbocycles. The Labute approximate surface area is 173 Å². The van der Waals surface area contributed by atoms with Crippen molar-refractivity contribution in [1.82, 2.24) is 15.4 Å². The molecule has 0 atom stereocenters. The van der Waals surface area contributed by atoms with Crippen LogP contribution in [0.25, 0.3) is 22.4 Å².